The topological polar surface area (TPSA) is 53.6 Å². The highest BCUT2D eigenvalue weighted by molar-refractivity contribution is 5.62. The van der Waals surface area contributed by atoms with Crippen LogP contribution < -0.4 is 5.32 Å². The Bertz CT molecular complexity index is 688. The zero-order chi connectivity index (χ0) is 13.8. The van der Waals surface area contributed by atoms with E-state index in [-0.39, 0.29) is 0 Å². The van der Waals surface area contributed by atoms with Crippen molar-refractivity contribution in [1.82, 2.24) is 15.2 Å². The van der Waals surface area contributed by atoms with E-state index in [2.05, 4.69) is 39.6 Å². The number of benzene rings is 1. The Hall–Kier alpha value is -2.62. The van der Waals surface area contributed by atoms with E-state index in [0.29, 0.717) is 0 Å². The molecule has 4 nitrogen and oxygen atoms in total. The minimum absolute atomic E-state index is 0.728. The molecule has 0 spiro atoms. The van der Waals surface area contributed by atoms with Crippen LogP contribution in [-0.2, 0) is 6.54 Å². The van der Waals surface area contributed by atoms with Crippen LogP contribution in [0, 0.1) is 6.92 Å². The summed E-state index contributed by atoms with van der Waals surface area (Å²) in [5.74, 6) is 0. The predicted octanol–water partition coefficient (Wildman–Crippen LogP) is 3.39. The van der Waals surface area contributed by atoms with E-state index in [1.807, 2.05) is 36.7 Å². The third-order valence-corrected chi connectivity index (χ3v) is 3.28. The van der Waals surface area contributed by atoms with Gasteiger partial charge in [-0.3, -0.25) is 10.1 Å². The SMILES string of the molecule is Cc1ccccc1NCc1cn[nH]c1-c1cccnc1. The fourth-order valence-electron chi connectivity index (χ4n) is 2.17. The summed E-state index contributed by atoms with van der Waals surface area (Å²) in [5.41, 5.74) is 5.57. The number of anilines is 1. The number of nitrogens with one attached hydrogen (secondary N) is 2. The maximum absolute atomic E-state index is 4.15. The maximum Gasteiger partial charge on any atom is 0.0715 e. The predicted molar refractivity (Wildman–Crippen MR) is 80.3 cm³/mol. The van der Waals surface area contributed by atoms with Gasteiger partial charge in [0.05, 0.1) is 11.9 Å². The molecule has 0 saturated heterocycles. The van der Waals surface area contributed by atoms with Gasteiger partial charge in [-0.25, -0.2) is 0 Å². The zero-order valence-electron chi connectivity index (χ0n) is 11.3. The monoisotopic (exact) mass is 264 g/mol. The molecule has 0 radical (unpaired) electrons. The van der Waals surface area contributed by atoms with Crippen LogP contribution in [-0.4, -0.2) is 15.2 Å². The fraction of sp³-hybridized carbons (Fsp3) is 0.125. The summed E-state index contributed by atoms with van der Waals surface area (Å²) in [6.45, 7) is 2.82. The average Bonchev–Trinajstić information content (AvgIpc) is 2.96. The summed E-state index contributed by atoms with van der Waals surface area (Å²) < 4.78 is 0. The van der Waals surface area contributed by atoms with Gasteiger partial charge in [-0.2, -0.15) is 5.10 Å². The molecule has 0 atom stereocenters. The zero-order valence-corrected chi connectivity index (χ0v) is 11.3. The molecule has 4 heteroatoms. The molecule has 20 heavy (non-hydrogen) atoms. The van der Waals surface area contributed by atoms with Crippen molar-refractivity contribution in [3.63, 3.8) is 0 Å². The molecule has 0 aliphatic carbocycles. The van der Waals surface area contributed by atoms with Gasteiger partial charge in [-0.05, 0) is 30.7 Å². The highest BCUT2D eigenvalue weighted by atomic mass is 15.1. The lowest BCUT2D eigenvalue weighted by molar-refractivity contribution is 1.09. The summed E-state index contributed by atoms with van der Waals surface area (Å²) in [4.78, 5) is 4.15. The standard InChI is InChI=1S/C16H16N4/c1-12-5-2-3-7-15(12)18-10-14-11-19-20-16(14)13-6-4-8-17-9-13/h2-9,11,18H,10H2,1H3,(H,19,20). The second-order valence-electron chi connectivity index (χ2n) is 4.68. The van der Waals surface area contributed by atoms with Crippen LogP contribution in [0.3, 0.4) is 0 Å². The van der Waals surface area contributed by atoms with Gasteiger partial charge in [0.2, 0.25) is 0 Å². The van der Waals surface area contributed by atoms with Crippen LogP contribution in [0.4, 0.5) is 5.69 Å². The number of aromatic amines is 1. The first-order valence-electron chi connectivity index (χ1n) is 6.57. The normalized spacial score (nSPS) is 10.4. The highest BCUT2D eigenvalue weighted by Crippen LogP contribution is 2.21. The van der Waals surface area contributed by atoms with Crippen molar-refractivity contribution in [3.8, 4) is 11.3 Å². The van der Waals surface area contributed by atoms with Gasteiger partial charge >= 0.3 is 0 Å². The van der Waals surface area contributed by atoms with E-state index >= 15 is 0 Å². The minimum atomic E-state index is 0.728. The third kappa shape index (κ3) is 2.54. The van der Waals surface area contributed by atoms with E-state index in [4.69, 9.17) is 0 Å². The first kappa shape index (κ1) is 12.4. The number of para-hydroxylation sites is 1. The number of rotatable bonds is 4. The fourth-order valence-corrected chi connectivity index (χ4v) is 2.17. The molecule has 100 valence electrons. The van der Waals surface area contributed by atoms with Crippen molar-refractivity contribution in [2.45, 2.75) is 13.5 Å². The number of hydrogen-bond acceptors (Lipinski definition) is 3. The Labute approximate surface area is 117 Å². The highest BCUT2D eigenvalue weighted by Gasteiger charge is 2.07. The Morgan fingerprint density at radius 1 is 1.10 bits per heavy atom. The van der Waals surface area contributed by atoms with Gasteiger partial charge in [0.1, 0.15) is 0 Å². The Balaban J connectivity index is 1.80. The van der Waals surface area contributed by atoms with Gasteiger partial charge in [0.15, 0.2) is 0 Å². The van der Waals surface area contributed by atoms with E-state index in [0.717, 1.165) is 29.1 Å². The Kier molecular flexibility index (Phi) is 3.46. The number of pyridine rings is 1. The van der Waals surface area contributed by atoms with Crippen LogP contribution in [0.1, 0.15) is 11.1 Å². The first-order valence-corrected chi connectivity index (χ1v) is 6.57. The number of aromatic nitrogens is 3. The molecule has 0 saturated carbocycles. The molecular formula is C16H16N4. The van der Waals surface area contributed by atoms with Crippen molar-refractivity contribution in [3.05, 3.63) is 66.1 Å². The van der Waals surface area contributed by atoms with Crippen LogP contribution in [0.15, 0.2) is 55.0 Å². The quantitative estimate of drug-likeness (QED) is 0.759. The summed E-state index contributed by atoms with van der Waals surface area (Å²) in [6, 6.07) is 12.2. The molecule has 3 rings (SSSR count). The molecule has 2 N–H and O–H groups in total. The minimum Gasteiger partial charge on any atom is -0.381 e. The summed E-state index contributed by atoms with van der Waals surface area (Å²) in [5, 5.41) is 10.6. The Morgan fingerprint density at radius 3 is 2.80 bits per heavy atom. The van der Waals surface area contributed by atoms with Crippen LogP contribution in [0.25, 0.3) is 11.3 Å². The van der Waals surface area contributed by atoms with Crippen molar-refractivity contribution >= 4 is 5.69 Å². The van der Waals surface area contributed by atoms with Gasteiger partial charge < -0.3 is 5.32 Å². The molecule has 1 aromatic carbocycles. The van der Waals surface area contributed by atoms with Crippen molar-refractivity contribution in [2.24, 2.45) is 0 Å². The molecule has 3 aromatic rings. The maximum atomic E-state index is 4.15. The van der Waals surface area contributed by atoms with Crippen LogP contribution in [0.5, 0.6) is 0 Å². The first-order chi connectivity index (χ1) is 9.84. The number of nitrogens with zero attached hydrogens (tertiary/aromatic N) is 2. The summed E-state index contributed by atoms with van der Waals surface area (Å²) >= 11 is 0. The molecule has 0 unspecified atom stereocenters. The smallest absolute Gasteiger partial charge is 0.0715 e. The van der Waals surface area contributed by atoms with E-state index in [1.54, 1.807) is 6.20 Å². The second kappa shape index (κ2) is 5.57. The largest absolute Gasteiger partial charge is 0.381 e. The molecule has 0 bridgehead atoms. The van der Waals surface area contributed by atoms with Gasteiger partial charge in [0, 0.05) is 35.8 Å². The lowest BCUT2D eigenvalue weighted by atomic mass is 10.1. The number of hydrogen-bond donors (Lipinski definition) is 2. The molecule has 2 heterocycles. The van der Waals surface area contributed by atoms with Crippen molar-refractivity contribution in [2.75, 3.05) is 5.32 Å². The van der Waals surface area contributed by atoms with Gasteiger partial charge in [-0.1, -0.05) is 18.2 Å². The lowest BCUT2D eigenvalue weighted by Crippen LogP contribution is -2.01. The summed E-state index contributed by atoms with van der Waals surface area (Å²) in [7, 11) is 0. The molecular weight excluding hydrogens is 248 g/mol. The van der Waals surface area contributed by atoms with E-state index in [1.165, 1.54) is 5.56 Å². The lowest BCUT2D eigenvalue weighted by Gasteiger charge is -2.09. The van der Waals surface area contributed by atoms with Crippen LogP contribution in [0.2, 0.25) is 0 Å². The van der Waals surface area contributed by atoms with Crippen molar-refractivity contribution < 1.29 is 0 Å². The molecule has 2 aromatic heterocycles. The Morgan fingerprint density at radius 2 is 2.00 bits per heavy atom. The molecule has 0 fully saturated rings. The van der Waals surface area contributed by atoms with E-state index in [9.17, 15) is 0 Å². The van der Waals surface area contributed by atoms with Gasteiger partial charge in [-0.15, -0.1) is 0 Å². The van der Waals surface area contributed by atoms with Crippen LogP contribution >= 0.6 is 0 Å². The molecule has 0 aliphatic rings. The number of H-pyrrole nitrogens is 1. The van der Waals surface area contributed by atoms with E-state index < -0.39 is 0 Å². The summed E-state index contributed by atoms with van der Waals surface area (Å²) in [6.07, 6.45) is 5.46. The molecule has 0 amide bonds. The van der Waals surface area contributed by atoms with Crippen molar-refractivity contribution in [1.29, 1.82) is 0 Å². The second-order valence-corrected chi connectivity index (χ2v) is 4.68. The third-order valence-electron chi connectivity index (χ3n) is 3.28. The van der Waals surface area contributed by atoms with Gasteiger partial charge in [0.25, 0.3) is 0 Å². The molecule has 0 aliphatic heterocycles. The number of aryl methyl sites for hydroxylation is 1. The average molecular weight is 264 g/mol.